The predicted molar refractivity (Wildman–Crippen MR) is 84.5 cm³/mol. The maximum absolute atomic E-state index is 5.75. The van der Waals surface area contributed by atoms with Crippen LogP contribution in [0.15, 0.2) is 55.0 Å². The summed E-state index contributed by atoms with van der Waals surface area (Å²) >= 11 is 0. The molecule has 1 aromatic carbocycles. The van der Waals surface area contributed by atoms with Crippen molar-refractivity contribution in [2.45, 2.75) is 19.4 Å². The molecule has 0 spiro atoms. The molecule has 0 aliphatic heterocycles. The van der Waals surface area contributed by atoms with Gasteiger partial charge in [-0.15, -0.1) is 0 Å². The summed E-state index contributed by atoms with van der Waals surface area (Å²) < 4.78 is 0. The highest BCUT2D eigenvalue weighted by Crippen LogP contribution is 2.23. The molecule has 0 aliphatic rings. The summed E-state index contributed by atoms with van der Waals surface area (Å²) in [5.41, 5.74) is 7.36. The van der Waals surface area contributed by atoms with E-state index >= 15 is 0 Å². The second-order valence-electron chi connectivity index (χ2n) is 5.21. The fourth-order valence-corrected chi connectivity index (χ4v) is 2.59. The van der Waals surface area contributed by atoms with E-state index in [9.17, 15) is 0 Å². The number of aromatic nitrogens is 2. The van der Waals surface area contributed by atoms with Crippen LogP contribution in [0.4, 0.5) is 0 Å². The van der Waals surface area contributed by atoms with Crippen LogP contribution < -0.4 is 11.3 Å². The van der Waals surface area contributed by atoms with Gasteiger partial charge in [0.1, 0.15) is 0 Å². The molecule has 0 saturated heterocycles. The molecule has 0 amide bonds. The molecule has 0 radical (unpaired) electrons. The first kappa shape index (κ1) is 13.7. The zero-order valence-electron chi connectivity index (χ0n) is 12.0. The third-order valence-corrected chi connectivity index (χ3v) is 3.66. The third kappa shape index (κ3) is 2.91. The number of benzene rings is 1. The molecule has 0 bridgehead atoms. The summed E-state index contributed by atoms with van der Waals surface area (Å²) in [4.78, 5) is 8.65. The number of hydrazine groups is 1. The number of aryl methyl sites for hydroxylation is 1. The van der Waals surface area contributed by atoms with Gasteiger partial charge in [0.15, 0.2) is 0 Å². The largest absolute Gasteiger partial charge is 0.271 e. The van der Waals surface area contributed by atoms with Gasteiger partial charge in [0, 0.05) is 24.0 Å². The summed E-state index contributed by atoms with van der Waals surface area (Å²) in [6.45, 7) is 2.03. The zero-order valence-corrected chi connectivity index (χ0v) is 12.0. The van der Waals surface area contributed by atoms with Crippen LogP contribution in [-0.2, 0) is 6.42 Å². The third-order valence-electron chi connectivity index (χ3n) is 3.66. The molecule has 1 atom stereocenters. The summed E-state index contributed by atoms with van der Waals surface area (Å²) in [5.74, 6) is 5.75. The summed E-state index contributed by atoms with van der Waals surface area (Å²) in [6.07, 6.45) is 6.35. The molecule has 3 N–H and O–H groups in total. The Morgan fingerprint density at radius 1 is 1.19 bits per heavy atom. The molecule has 1 unspecified atom stereocenters. The van der Waals surface area contributed by atoms with Crippen molar-refractivity contribution in [3.05, 3.63) is 71.7 Å². The van der Waals surface area contributed by atoms with Crippen LogP contribution in [0.1, 0.15) is 22.7 Å². The fourth-order valence-electron chi connectivity index (χ4n) is 2.59. The Hall–Kier alpha value is -2.30. The van der Waals surface area contributed by atoms with Gasteiger partial charge in [0.05, 0.1) is 11.6 Å². The average Bonchev–Trinajstić information content (AvgIpc) is 2.52. The summed E-state index contributed by atoms with van der Waals surface area (Å²) in [5, 5.41) is 1.17. The highest BCUT2D eigenvalue weighted by molar-refractivity contribution is 5.81. The number of para-hydroxylation sites is 1. The summed E-state index contributed by atoms with van der Waals surface area (Å²) in [7, 11) is 0. The van der Waals surface area contributed by atoms with Crippen molar-refractivity contribution in [1.82, 2.24) is 15.4 Å². The Kier molecular flexibility index (Phi) is 3.90. The van der Waals surface area contributed by atoms with Gasteiger partial charge < -0.3 is 0 Å². The average molecular weight is 278 g/mol. The van der Waals surface area contributed by atoms with Gasteiger partial charge in [-0.2, -0.15) is 0 Å². The Morgan fingerprint density at radius 3 is 2.86 bits per heavy atom. The van der Waals surface area contributed by atoms with Crippen LogP contribution in [0.5, 0.6) is 0 Å². The smallest absolute Gasteiger partial charge is 0.0704 e. The van der Waals surface area contributed by atoms with Gasteiger partial charge in [-0.1, -0.05) is 24.3 Å². The molecule has 21 heavy (non-hydrogen) atoms. The second-order valence-corrected chi connectivity index (χ2v) is 5.21. The van der Waals surface area contributed by atoms with Crippen LogP contribution in [0.25, 0.3) is 10.9 Å². The van der Waals surface area contributed by atoms with Gasteiger partial charge in [-0.25, -0.2) is 0 Å². The van der Waals surface area contributed by atoms with E-state index in [1.807, 2.05) is 43.7 Å². The lowest BCUT2D eigenvalue weighted by atomic mass is 9.97. The lowest BCUT2D eigenvalue weighted by Crippen LogP contribution is -2.29. The Bertz CT molecular complexity index is 749. The summed E-state index contributed by atoms with van der Waals surface area (Å²) in [6, 6.07) is 12.4. The highest BCUT2D eigenvalue weighted by atomic mass is 15.2. The van der Waals surface area contributed by atoms with Gasteiger partial charge in [-0.3, -0.25) is 21.2 Å². The number of nitrogens with one attached hydrogen (secondary N) is 1. The van der Waals surface area contributed by atoms with Gasteiger partial charge in [0.2, 0.25) is 0 Å². The van der Waals surface area contributed by atoms with E-state index in [4.69, 9.17) is 5.84 Å². The first-order valence-corrected chi connectivity index (χ1v) is 6.98. The predicted octanol–water partition coefficient (Wildman–Crippen LogP) is 2.69. The minimum Gasteiger partial charge on any atom is -0.271 e. The van der Waals surface area contributed by atoms with E-state index < -0.39 is 0 Å². The van der Waals surface area contributed by atoms with Crippen LogP contribution in [-0.4, -0.2) is 9.97 Å². The van der Waals surface area contributed by atoms with Crippen molar-refractivity contribution >= 4 is 10.9 Å². The molecule has 2 heterocycles. The van der Waals surface area contributed by atoms with Crippen LogP contribution >= 0.6 is 0 Å². The molecule has 4 nitrogen and oxygen atoms in total. The number of pyridine rings is 2. The fraction of sp³-hybridized carbons (Fsp3) is 0.176. The van der Waals surface area contributed by atoms with E-state index in [2.05, 4.69) is 33.6 Å². The van der Waals surface area contributed by atoms with E-state index in [1.54, 1.807) is 0 Å². The van der Waals surface area contributed by atoms with Crippen molar-refractivity contribution in [3.8, 4) is 0 Å². The minimum absolute atomic E-state index is 0.0307. The molecule has 3 rings (SSSR count). The maximum Gasteiger partial charge on any atom is 0.0704 e. The van der Waals surface area contributed by atoms with Crippen molar-refractivity contribution in [2.75, 3.05) is 0 Å². The maximum atomic E-state index is 5.75. The highest BCUT2D eigenvalue weighted by Gasteiger charge is 2.13. The minimum atomic E-state index is 0.0307. The Morgan fingerprint density at radius 2 is 2.05 bits per heavy atom. The number of fused-ring (bicyclic) bond motifs is 1. The quantitative estimate of drug-likeness (QED) is 0.569. The molecule has 4 heteroatoms. The number of nitrogens with two attached hydrogens (primary N) is 1. The molecule has 3 aromatic rings. The van der Waals surface area contributed by atoms with E-state index in [-0.39, 0.29) is 6.04 Å². The molecule has 0 aliphatic carbocycles. The second kappa shape index (κ2) is 5.99. The standard InChI is InChI=1S/C17H18N4/c1-12-8-14(11-19-10-12)17(21-18)9-13-6-7-20-16-5-3-2-4-15(13)16/h2-8,10-11,17,21H,9,18H2,1H3. The van der Waals surface area contributed by atoms with Crippen molar-refractivity contribution in [1.29, 1.82) is 0 Å². The van der Waals surface area contributed by atoms with Crippen LogP contribution in [0, 0.1) is 6.92 Å². The number of hydrogen-bond donors (Lipinski definition) is 2. The number of rotatable bonds is 4. The van der Waals surface area contributed by atoms with E-state index in [1.165, 1.54) is 10.9 Å². The van der Waals surface area contributed by atoms with Crippen molar-refractivity contribution in [2.24, 2.45) is 5.84 Å². The van der Waals surface area contributed by atoms with Gasteiger partial charge in [-0.05, 0) is 42.2 Å². The lowest BCUT2D eigenvalue weighted by molar-refractivity contribution is 0.551. The topological polar surface area (TPSA) is 63.8 Å². The normalized spacial score (nSPS) is 12.5. The van der Waals surface area contributed by atoms with Crippen molar-refractivity contribution in [3.63, 3.8) is 0 Å². The molecule has 0 saturated carbocycles. The van der Waals surface area contributed by atoms with E-state index in [0.717, 1.165) is 23.1 Å². The van der Waals surface area contributed by atoms with Crippen LogP contribution in [0.3, 0.4) is 0 Å². The first-order valence-electron chi connectivity index (χ1n) is 6.98. The van der Waals surface area contributed by atoms with Crippen molar-refractivity contribution < 1.29 is 0 Å². The number of nitrogens with zero attached hydrogens (tertiary/aromatic N) is 2. The van der Waals surface area contributed by atoms with E-state index in [0.29, 0.717) is 0 Å². The molecule has 2 aromatic heterocycles. The molecular weight excluding hydrogens is 260 g/mol. The number of hydrogen-bond acceptors (Lipinski definition) is 4. The van der Waals surface area contributed by atoms with Gasteiger partial charge >= 0.3 is 0 Å². The Balaban J connectivity index is 1.96. The van der Waals surface area contributed by atoms with Gasteiger partial charge in [0.25, 0.3) is 0 Å². The lowest BCUT2D eigenvalue weighted by Gasteiger charge is -2.17. The Labute approximate surface area is 124 Å². The molecule has 0 fully saturated rings. The zero-order chi connectivity index (χ0) is 14.7. The SMILES string of the molecule is Cc1cncc(C(Cc2ccnc3ccccc23)NN)c1. The molecule has 106 valence electrons. The monoisotopic (exact) mass is 278 g/mol. The van der Waals surface area contributed by atoms with Crippen LogP contribution in [0.2, 0.25) is 0 Å². The molecular formula is C17H18N4. The first-order chi connectivity index (χ1) is 10.3.